The molecule has 0 spiro atoms. The number of likely N-dealkylation sites (N-methyl/N-ethyl adjacent to an activating group) is 1. The minimum Gasteiger partial charge on any atom is -0.493 e. The van der Waals surface area contributed by atoms with Crippen LogP contribution in [-0.2, 0) is 11.3 Å². The maximum atomic E-state index is 12.6. The standard InChI is InChI=1S/C20H26N4O6/c1-5-6-9-24-18(21)17(19(27)22-20(24)28)23(3)16(26)11-30-14-8-7-13(12(2)25)10-15(14)29-4/h7-8,10H,5-6,9,11,21H2,1-4H3,(H,22,27,28). The van der Waals surface area contributed by atoms with Crippen molar-refractivity contribution in [3.63, 3.8) is 0 Å². The van der Waals surface area contributed by atoms with Gasteiger partial charge in [0.2, 0.25) is 0 Å². The number of benzene rings is 1. The number of carbonyl (C=O) groups is 2. The second-order valence-corrected chi connectivity index (χ2v) is 6.66. The van der Waals surface area contributed by atoms with E-state index in [0.717, 1.165) is 11.3 Å². The Bertz CT molecular complexity index is 1060. The number of methoxy groups -OCH3 is 1. The van der Waals surface area contributed by atoms with Crippen LogP contribution < -0.4 is 31.4 Å². The summed E-state index contributed by atoms with van der Waals surface area (Å²) in [6, 6.07) is 4.59. The number of amides is 1. The van der Waals surface area contributed by atoms with Crippen molar-refractivity contribution >= 4 is 23.2 Å². The molecule has 1 amide bonds. The molecule has 0 aliphatic carbocycles. The first-order valence-electron chi connectivity index (χ1n) is 9.42. The highest BCUT2D eigenvalue weighted by Crippen LogP contribution is 2.28. The van der Waals surface area contributed by atoms with Gasteiger partial charge in [-0.05, 0) is 31.5 Å². The van der Waals surface area contributed by atoms with Gasteiger partial charge in [0.05, 0.1) is 7.11 Å². The Morgan fingerprint density at radius 1 is 1.23 bits per heavy atom. The molecule has 0 aliphatic heterocycles. The molecule has 2 aromatic rings. The second kappa shape index (κ2) is 9.77. The van der Waals surface area contributed by atoms with Gasteiger partial charge in [0.25, 0.3) is 11.5 Å². The molecule has 1 aromatic heterocycles. The van der Waals surface area contributed by atoms with E-state index in [0.29, 0.717) is 24.3 Å². The molecule has 0 saturated carbocycles. The van der Waals surface area contributed by atoms with Crippen molar-refractivity contribution in [2.24, 2.45) is 0 Å². The molecule has 30 heavy (non-hydrogen) atoms. The van der Waals surface area contributed by atoms with Crippen LogP contribution in [-0.4, -0.2) is 42.0 Å². The number of nitrogens with one attached hydrogen (secondary N) is 1. The molecule has 10 nitrogen and oxygen atoms in total. The quantitative estimate of drug-likeness (QED) is 0.583. The van der Waals surface area contributed by atoms with Gasteiger partial charge in [-0.2, -0.15) is 0 Å². The van der Waals surface area contributed by atoms with E-state index >= 15 is 0 Å². The third-order valence-electron chi connectivity index (χ3n) is 4.58. The minimum atomic E-state index is -0.760. The Morgan fingerprint density at radius 2 is 1.93 bits per heavy atom. The lowest BCUT2D eigenvalue weighted by atomic mass is 10.1. The van der Waals surface area contributed by atoms with E-state index in [1.165, 1.54) is 37.8 Å². The molecule has 162 valence electrons. The minimum absolute atomic E-state index is 0.0866. The molecule has 0 aliphatic rings. The van der Waals surface area contributed by atoms with Crippen LogP contribution in [0.15, 0.2) is 27.8 Å². The summed E-state index contributed by atoms with van der Waals surface area (Å²) in [7, 11) is 2.79. The van der Waals surface area contributed by atoms with Crippen molar-refractivity contribution < 1.29 is 19.1 Å². The van der Waals surface area contributed by atoms with E-state index < -0.39 is 23.8 Å². The third kappa shape index (κ3) is 4.88. The molecule has 0 radical (unpaired) electrons. The van der Waals surface area contributed by atoms with Gasteiger partial charge in [0.15, 0.2) is 29.6 Å². The summed E-state index contributed by atoms with van der Waals surface area (Å²) in [5, 5.41) is 0. The van der Waals surface area contributed by atoms with Crippen LogP contribution in [0.5, 0.6) is 11.5 Å². The maximum absolute atomic E-state index is 12.6. The predicted molar refractivity (Wildman–Crippen MR) is 113 cm³/mol. The van der Waals surface area contributed by atoms with E-state index in [1.807, 2.05) is 6.92 Å². The Hall–Kier alpha value is -3.56. The van der Waals surface area contributed by atoms with Crippen molar-refractivity contribution in [2.75, 3.05) is 31.4 Å². The zero-order valence-corrected chi connectivity index (χ0v) is 17.5. The summed E-state index contributed by atoms with van der Waals surface area (Å²) >= 11 is 0. The van der Waals surface area contributed by atoms with Crippen molar-refractivity contribution in [1.29, 1.82) is 0 Å². The lowest BCUT2D eigenvalue weighted by Crippen LogP contribution is -2.40. The Labute approximate surface area is 173 Å². The molecular weight excluding hydrogens is 392 g/mol. The van der Waals surface area contributed by atoms with Crippen LogP contribution >= 0.6 is 0 Å². The van der Waals surface area contributed by atoms with E-state index in [9.17, 15) is 19.2 Å². The number of carbonyl (C=O) groups excluding carboxylic acids is 2. The number of nitrogens with two attached hydrogens (primary N) is 1. The zero-order chi connectivity index (χ0) is 22.4. The lowest BCUT2D eigenvalue weighted by Gasteiger charge is -2.20. The van der Waals surface area contributed by atoms with Gasteiger partial charge in [-0.15, -0.1) is 0 Å². The molecule has 0 saturated heterocycles. The van der Waals surface area contributed by atoms with Crippen molar-refractivity contribution in [3.8, 4) is 11.5 Å². The molecule has 2 rings (SSSR count). The number of aromatic amines is 1. The first-order chi connectivity index (χ1) is 14.2. The van der Waals surface area contributed by atoms with E-state index in [4.69, 9.17) is 15.2 Å². The number of hydrogen-bond acceptors (Lipinski definition) is 7. The monoisotopic (exact) mass is 418 g/mol. The number of hydrogen-bond donors (Lipinski definition) is 2. The summed E-state index contributed by atoms with van der Waals surface area (Å²) in [6.07, 6.45) is 1.51. The Kier molecular flexibility index (Phi) is 7.40. The number of aromatic nitrogens is 2. The van der Waals surface area contributed by atoms with Crippen LogP contribution in [0, 0.1) is 0 Å². The number of Topliss-reactive ketones (excluding diaryl/α,β-unsaturated/α-hetero) is 1. The number of rotatable bonds is 9. The summed E-state index contributed by atoms with van der Waals surface area (Å²) in [5.74, 6) is -0.228. The fourth-order valence-corrected chi connectivity index (χ4v) is 2.81. The average Bonchev–Trinajstić information content (AvgIpc) is 2.71. The first kappa shape index (κ1) is 22.7. The lowest BCUT2D eigenvalue weighted by molar-refractivity contribution is -0.120. The van der Waals surface area contributed by atoms with Crippen molar-refractivity contribution in [1.82, 2.24) is 9.55 Å². The van der Waals surface area contributed by atoms with Crippen molar-refractivity contribution in [3.05, 3.63) is 44.6 Å². The maximum Gasteiger partial charge on any atom is 0.330 e. The summed E-state index contributed by atoms with van der Waals surface area (Å²) < 4.78 is 12.0. The summed E-state index contributed by atoms with van der Waals surface area (Å²) in [5.41, 5.74) is 4.95. The van der Waals surface area contributed by atoms with Gasteiger partial charge < -0.3 is 20.1 Å². The normalized spacial score (nSPS) is 10.5. The van der Waals surface area contributed by atoms with Gasteiger partial charge in [0.1, 0.15) is 5.82 Å². The second-order valence-electron chi connectivity index (χ2n) is 6.66. The molecule has 0 unspecified atom stereocenters. The molecular formula is C20H26N4O6. The zero-order valence-electron chi connectivity index (χ0n) is 17.5. The summed E-state index contributed by atoms with van der Waals surface area (Å²) in [6.45, 7) is 3.29. The number of ether oxygens (including phenoxy) is 2. The SMILES string of the molecule is CCCCn1c(N)c(N(C)C(=O)COc2ccc(C(C)=O)cc2OC)c(=O)[nH]c1=O. The van der Waals surface area contributed by atoms with E-state index in [-0.39, 0.29) is 23.0 Å². The fraction of sp³-hybridized carbons (Fsp3) is 0.400. The molecule has 3 N–H and O–H groups in total. The van der Waals surface area contributed by atoms with Crippen LogP contribution in [0.25, 0.3) is 0 Å². The Balaban J connectivity index is 2.24. The topological polar surface area (TPSA) is 137 Å². The fourth-order valence-electron chi connectivity index (χ4n) is 2.81. The number of H-pyrrole nitrogens is 1. The highest BCUT2D eigenvalue weighted by atomic mass is 16.5. The molecule has 1 heterocycles. The number of nitrogens with zero attached hydrogens (tertiary/aromatic N) is 2. The van der Waals surface area contributed by atoms with Gasteiger partial charge in [0, 0.05) is 19.2 Å². The number of nitrogen functional groups attached to an aromatic ring is 1. The van der Waals surface area contributed by atoms with Gasteiger partial charge in [-0.1, -0.05) is 13.3 Å². The molecule has 0 atom stereocenters. The molecule has 10 heteroatoms. The highest BCUT2D eigenvalue weighted by Gasteiger charge is 2.21. The van der Waals surface area contributed by atoms with Crippen LogP contribution in [0.3, 0.4) is 0 Å². The Morgan fingerprint density at radius 3 is 2.53 bits per heavy atom. The van der Waals surface area contributed by atoms with Crippen molar-refractivity contribution in [2.45, 2.75) is 33.2 Å². The van der Waals surface area contributed by atoms with E-state index in [1.54, 1.807) is 6.07 Å². The summed E-state index contributed by atoms with van der Waals surface area (Å²) in [4.78, 5) is 51.6. The largest absolute Gasteiger partial charge is 0.493 e. The molecule has 0 bridgehead atoms. The van der Waals surface area contributed by atoms with Gasteiger partial charge in [-0.25, -0.2) is 4.79 Å². The first-order valence-corrected chi connectivity index (χ1v) is 9.42. The predicted octanol–water partition coefficient (Wildman–Crippen LogP) is 1.17. The number of anilines is 2. The molecule has 1 aromatic carbocycles. The van der Waals surface area contributed by atoms with Crippen LogP contribution in [0.2, 0.25) is 0 Å². The van der Waals surface area contributed by atoms with Gasteiger partial charge >= 0.3 is 5.69 Å². The van der Waals surface area contributed by atoms with Crippen LogP contribution in [0.1, 0.15) is 37.0 Å². The highest BCUT2D eigenvalue weighted by molar-refractivity contribution is 5.96. The number of unbranched alkanes of at least 4 members (excludes halogenated alkanes) is 1. The van der Waals surface area contributed by atoms with Crippen LogP contribution in [0.4, 0.5) is 11.5 Å². The third-order valence-corrected chi connectivity index (χ3v) is 4.58. The number of ketones is 1. The van der Waals surface area contributed by atoms with Gasteiger partial charge in [-0.3, -0.25) is 23.9 Å². The average molecular weight is 418 g/mol. The smallest absolute Gasteiger partial charge is 0.330 e. The molecule has 0 fully saturated rings. The van der Waals surface area contributed by atoms with E-state index in [2.05, 4.69) is 4.98 Å².